The van der Waals surface area contributed by atoms with Crippen LogP contribution in [0.15, 0.2) is 24.3 Å². The van der Waals surface area contributed by atoms with E-state index in [1.807, 2.05) is 11.0 Å². The van der Waals surface area contributed by atoms with Crippen LogP contribution in [-0.2, 0) is 4.79 Å². The number of anilines is 1. The Balaban J connectivity index is 1.57. The highest BCUT2D eigenvalue weighted by molar-refractivity contribution is 5.79. The fourth-order valence-corrected chi connectivity index (χ4v) is 4.10. The number of nitro benzene ring substituents is 1. The normalized spacial score (nSPS) is 24.8. The molecule has 25 heavy (non-hydrogen) atoms. The molecule has 1 saturated carbocycles. The zero-order chi connectivity index (χ0) is 17.8. The first kappa shape index (κ1) is 17.7. The number of nitrogens with one attached hydrogen (secondary N) is 1. The Bertz CT molecular complexity index is 626. The smallest absolute Gasteiger partial charge is 0.292 e. The number of para-hydroxylation sites is 2. The number of rotatable bonds is 4. The highest BCUT2D eigenvalue weighted by Gasteiger charge is 2.30. The Labute approximate surface area is 148 Å². The third kappa shape index (κ3) is 4.11. The SMILES string of the molecule is C[C@H]1CCCC[C@H]1NC(=O)C1CCN(c2ccccc2[N+](=O)[O-])CC1. The van der Waals surface area contributed by atoms with Gasteiger partial charge in [0.05, 0.1) is 4.92 Å². The Kier molecular flexibility index (Phi) is 5.56. The van der Waals surface area contributed by atoms with Crippen LogP contribution in [0.1, 0.15) is 45.4 Å². The molecular formula is C19H27N3O3. The molecule has 6 nitrogen and oxygen atoms in total. The van der Waals surface area contributed by atoms with Gasteiger partial charge in [0, 0.05) is 31.1 Å². The minimum atomic E-state index is -0.335. The molecule has 1 heterocycles. The van der Waals surface area contributed by atoms with Gasteiger partial charge in [0.15, 0.2) is 0 Å². The van der Waals surface area contributed by atoms with Gasteiger partial charge in [0.2, 0.25) is 5.91 Å². The maximum atomic E-state index is 12.6. The van der Waals surface area contributed by atoms with Crippen molar-refractivity contribution < 1.29 is 9.72 Å². The lowest BCUT2D eigenvalue weighted by atomic mass is 9.85. The van der Waals surface area contributed by atoms with Gasteiger partial charge in [-0.15, -0.1) is 0 Å². The van der Waals surface area contributed by atoms with Crippen LogP contribution in [0, 0.1) is 22.0 Å². The summed E-state index contributed by atoms with van der Waals surface area (Å²) in [5.41, 5.74) is 0.800. The average molecular weight is 345 g/mol. The predicted molar refractivity (Wildman–Crippen MR) is 97.6 cm³/mol. The van der Waals surface area contributed by atoms with Crippen LogP contribution >= 0.6 is 0 Å². The second-order valence-electron chi connectivity index (χ2n) is 7.38. The molecule has 6 heteroatoms. The molecule has 2 fully saturated rings. The van der Waals surface area contributed by atoms with Crippen molar-refractivity contribution in [3.05, 3.63) is 34.4 Å². The van der Waals surface area contributed by atoms with E-state index in [1.54, 1.807) is 18.2 Å². The molecule has 1 amide bonds. The van der Waals surface area contributed by atoms with Crippen molar-refractivity contribution in [2.24, 2.45) is 11.8 Å². The fourth-order valence-electron chi connectivity index (χ4n) is 4.10. The maximum absolute atomic E-state index is 12.6. The van der Waals surface area contributed by atoms with E-state index in [0.29, 0.717) is 30.7 Å². The molecule has 2 aliphatic rings. The Morgan fingerprint density at radius 3 is 2.52 bits per heavy atom. The first-order valence-electron chi connectivity index (χ1n) is 9.35. The molecule has 0 bridgehead atoms. The number of piperidine rings is 1. The van der Waals surface area contributed by atoms with Gasteiger partial charge in [-0.25, -0.2) is 0 Å². The van der Waals surface area contributed by atoms with Crippen molar-refractivity contribution in [2.75, 3.05) is 18.0 Å². The van der Waals surface area contributed by atoms with E-state index in [2.05, 4.69) is 12.2 Å². The number of benzene rings is 1. The second-order valence-corrected chi connectivity index (χ2v) is 7.38. The first-order chi connectivity index (χ1) is 12.1. The molecule has 1 aromatic carbocycles. The minimum absolute atomic E-state index is 0.0214. The van der Waals surface area contributed by atoms with Gasteiger partial charge in [0.25, 0.3) is 5.69 Å². The van der Waals surface area contributed by atoms with E-state index in [4.69, 9.17) is 0 Å². The third-order valence-electron chi connectivity index (χ3n) is 5.72. The lowest BCUT2D eigenvalue weighted by Crippen LogP contribution is -2.46. The summed E-state index contributed by atoms with van der Waals surface area (Å²) in [6.45, 7) is 3.59. The topological polar surface area (TPSA) is 75.5 Å². The van der Waals surface area contributed by atoms with Crippen molar-refractivity contribution in [1.29, 1.82) is 0 Å². The number of hydrogen-bond donors (Lipinski definition) is 1. The quantitative estimate of drug-likeness (QED) is 0.669. The molecule has 0 unspecified atom stereocenters. The van der Waals surface area contributed by atoms with Gasteiger partial charge >= 0.3 is 0 Å². The lowest BCUT2D eigenvalue weighted by Gasteiger charge is -2.35. The summed E-state index contributed by atoms with van der Waals surface area (Å²) in [7, 11) is 0. The fraction of sp³-hybridized carbons (Fsp3) is 0.632. The zero-order valence-corrected chi connectivity index (χ0v) is 14.8. The number of carbonyl (C=O) groups excluding carboxylic acids is 1. The molecule has 2 atom stereocenters. The monoisotopic (exact) mass is 345 g/mol. The van der Waals surface area contributed by atoms with Crippen molar-refractivity contribution in [2.45, 2.75) is 51.5 Å². The highest BCUT2D eigenvalue weighted by Crippen LogP contribution is 2.31. The summed E-state index contributed by atoms with van der Waals surface area (Å²) in [6.07, 6.45) is 6.24. The third-order valence-corrected chi connectivity index (χ3v) is 5.72. The molecule has 136 valence electrons. The molecule has 3 rings (SSSR count). The Hall–Kier alpha value is -2.11. The van der Waals surface area contributed by atoms with E-state index < -0.39 is 0 Å². The standard InChI is InChI=1S/C19H27N3O3/c1-14-6-2-3-7-16(14)20-19(23)15-10-12-21(13-11-15)17-8-4-5-9-18(17)22(24)25/h4-5,8-9,14-16H,2-3,6-7,10-13H2,1H3,(H,20,23)/t14-,16+/m0/s1. The molecule has 0 radical (unpaired) electrons. The molecule has 1 aliphatic carbocycles. The van der Waals surface area contributed by atoms with E-state index in [9.17, 15) is 14.9 Å². The summed E-state index contributed by atoms with van der Waals surface area (Å²) in [6, 6.07) is 7.16. The van der Waals surface area contributed by atoms with Crippen molar-refractivity contribution in [3.8, 4) is 0 Å². The van der Waals surface area contributed by atoms with Crippen molar-refractivity contribution >= 4 is 17.3 Å². The number of carbonyl (C=O) groups is 1. The summed E-state index contributed by atoms with van der Waals surface area (Å²) in [5, 5.41) is 14.5. The van der Waals surface area contributed by atoms with Crippen LogP contribution in [0.5, 0.6) is 0 Å². The Morgan fingerprint density at radius 1 is 1.16 bits per heavy atom. The number of hydrogen-bond acceptors (Lipinski definition) is 4. The van der Waals surface area contributed by atoms with E-state index in [0.717, 1.165) is 19.3 Å². The molecule has 1 N–H and O–H groups in total. The van der Waals surface area contributed by atoms with Gasteiger partial charge in [0.1, 0.15) is 5.69 Å². The molecule has 1 aliphatic heterocycles. The summed E-state index contributed by atoms with van der Waals surface area (Å²) in [4.78, 5) is 25.5. The number of nitrogens with zero attached hydrogens (tertiary/aromatic N) is 2. The van der Waals surface area contributed by atoms with Crippen LogP contribution < -0.4 is 10.2 Å². The van der Waals surface area contributed by atoms with Crippen LogP contribution in [0.3, 0.4) is 0 Å². The highest BCUT2D eigenvalue weighted by atomic mass is 16.6. The van der Waals surface area contributed by atoms with E-state index in [-0.39, 0.29) is 22.4 Å². The summed E-state index contributed by atoms with van der Waals surface area (Å²) < 4.78 is 0. The lowest BCUT2D eigenvalue weighted by molar-refractivity contribution is -0.384. The van der Waals surface area contributed by atoms with Gasteiger partial charge in [-0.3, -0.25) is 14.9 Å². The minimum Gasteiger partial charge on any atom is -0.366 e. The van der Waals surface area contributed by atoms with Crippen LogP contribution in [0.2, 0.25) is 0 Å². The van der Waals surface area contributed by atoms with E-state index in [1.165, 1.54) is 19.3 Å². The second kappa shape index (κ2) is 7.85. The molecule has 0 aromatic heterocycles. The van der Waals surface area contributed by atoms with Gasteiger partial charge in [-0.05, 0) is 37.7 Å². The van der Waals surface area contributed by atoms with Crippen LogP contribution in [-0.4, -0.2) is 30.0 Å². The number of amides is 1. The van der Waals surface area contributed by atoms with Gasteiger partial charge in [-0.2, -0.15) is 0 Å². The summed E-state index contributed by atoms with van der Waals surface area (Å²) in [5.74, 6) is 0.749. The zero-order valence-electron chi connectivity index (χ0n) is 14.8. The molecule has 1 aromatic rings. The van der Waals surface area contributed by atoms with Crippen LogP contribution in [0.25, 0.3) is 0 Å². The van der Waals surface area contributed by atoms with Crippen molar-refractivity contribution in [3.63, 3.8) is 0 Å². The molecule has 1 saturated heterocycles. The Morgan fingerprint density at radius 2 is 1.84 bits per heavy atom. The molecular weight excluding hydrogens is 318 g/mol. The van der Waals surface area contributed by atoms with Gasteiger partial charge in [-0.1, -0.05) is 31.9 Å². The average Bonchev–Trinajstić information content (AvgIpc) is 2.63. The summed E-state index contributed by atoms with van der Waals surface area (Å²) >= 11 is 0. The first-order valence-corrected chi connectivity index (χ1v) is 9.35. The van der Waals surface area contributed by atoms with Gasteiger partial charge < -0.3 is 10.2 Å². The number of nitro groups is 1. The maximum Gasteiger partial charge on any atom is 0.292 e. The largest absolute Gasteiger partial charge is 0.366 e. The van der Waals surface area contributed by atoms with Crippen LogP contribution in [0.4, 0.5) is 11.4 Å². The van der Waals surface area contributed by atoms with E-state index >= 15 is 0 Å². The predicted octanol–water partition coefficient (Wildman–Crippen LogP) is 3.51. The van der Waals surface area contributed by atoms with Crippen molar-refractivity contribution in [1.82, 2.24) is 5.32 Å². The molecule has 0 spiro atoms.